The summed E-state index contributed by atoms with van der Waals surface area (Å²) >= 11 is 0. The summed E-state index contributed by atoms with van der Waals surface area (Å²) in [5.41, 5.74) is -5.80. The summed E-state index contributed by atoms with van der Waals surface area (Å²) in [6, 6.07) is 2.88. The van der Waals surface area contributed by atoms with Gasteiger partial charge in [0.25, 0.3) is 11.4 Å². The van der Waals surface area contributed by atoms with Gasteiger partial charge in [0, 0.05) is 17.2 Å². The number of hydrogen-bond acceptors (Lipinski definition) is 7. The molecule has 0 N–H and O–H groups in total. The number of halogens is 3. The number of aromatic nitrogens is 3. The van der Waals surface area contributed by atoms with Gasteiger partial charge in [-0.2, -0.15) is 26.3 Å². The predicted molar refractivity (Wildman–Crippen MR) is 86.4 cm³/mol. The van der Waals surface area contributed by atoms with Gasteiger partial charge in [0.05, 0.1) is 18.5 Å². The molecule has 12 heteroatoms. The maximum atomic E-state index is 12.7. The van der Waals surface area contributed by atoms with E-state index in [1.165, 1.54) is 18.3 Å². The molecular formula is C15H14F3N3O5S. The van der Waals surface area contributed by atoms with Gasteiger partial charge in [-0.25, -0.2) is 4.98 Å². The van der Waals surface area contributed by atoms with Crippen LogP contribution in [0.15, 0.2) is 23.1 Å². The van der Waals surface area contributed by atoms with Crippen LogP contribution in [0.3, 0.4) is 0 Å². The molecule has 0 radical (unpaired) electrons. The van der Waals surface area contributed by atoms with E-state index in [4.69, 9.17) is 4.74 Å². The Balaban J connectivity index is 2.10. The summed E-state index contributed by atoms with van der Waals surface area (Å²) in [6.45, 7) is 2.13. The molecule has 27 heavy (non-hydrogen) atoms. The van der Waals surface area contributed by atoms with Crippen molar-refractivity contribution in [3.05, 3.63) is 39.8 Å². The quantitative estimate of drug-likeness (QED) is 0.552. The Bertz CT molecular complexity index is 1020. The summed E-state index contributed by atoms with van der Waals surface area (Å²) < 4.78 is 70.9. The summed E-state index contributed by atoms with van der Waals surface area (Å²) in [7, 11) is -5.91. The van der Waals surface area contributed by atoms with Crippen molar-refractivity contribution in [3.8, 4) is 17.4 Å². The predicted octanol–water partition coefficient (Wildman–Crippen LogP) is 1.74. The van der Waals surface area contributed by atoms with Gasteiger partial charge in [-0.05, 0) is 32.3 Å². The highest BCUT2D eigenvalue weighted by molar-refractivity contribution is 7.87. The van der Waals surface area contributed by atoms with E-state index in [0.717, 1.165) is 4.68 Å². The van der Waals surface area contributed by atoms with Crippen molar-refractivity contribution in [1.29, 1.82) is 0 Å². The summed E-state index contributed by atoms with van der Waals surface area (Å²) in [6.07, 6.45) is 2.19. The van der Waals surface area contributed by atoms with Gasteiger partial charge in [-0.3, -0.25) is 4.79 Å². The zero-order valence-electron chi connectivity index (χ0n) is 14.0. The zero-order chi connectivity index (χ0) is 19.8. The molecule has 0 amide bonds. The second-order valence-corrected chi connectivity index (χ2v) is 7.14. The Labute approximate surface area is 151 Å². The third-order valence-electron chi connectivity index (χ3n) is 3.85. The van der Waals surface area contributed by atoms with Gasteiger partial charge in [0.2, 0.25) is 5.88 Å². The number of fused-ring (bicyclic) bond motifs is 1. The van der Waals surface area contributed by atoms with Crippen LogP contribution in [-0.2, 0) is 23.0 Å². The topological polar surface area (TPSA) is 100 Å². The highest BCUT2D eigenvalue weighted by Crippen LogP contribution is 2.31. The SMILES string of the molecule is CCOc1ccc(-n2nc(OS(=O)(=O)C(F)(F)F)c3c(c2=O)CCC3)cn1. The van der Waals surface area contributed by atoms with Crippen LogP contribution in [-0.4, -0.2) is 35.3 Å². The smallest absolute Gasteiger partial charge is 0.478 e. The summed E-state index contributed by atoms with van der Waals surface area (Å²) in [4.78, 5) is 16.6. The van der Waals surface area contributed by atoms with E-state index in [1.807, 2.05) is 0 Å². The van der Waals surface area contributed by atoms with Crippen LogP contribution in [0.4, 0.5) is 13.2 Å². The average molecular weight is 405 g/mol. The fourth-order valence-corrected chi connectivity index (χ4v) is 3.10. The monoisotopic (exact) mass is 405 g/mol. The van der Waals surface area contributed by atoms with E-state index in [1.54, 1.807) is 6.92 Å². The maximum Gasteiger partial charge on any atom is 0.534 e. The molecule has 0 aliphatic heterocycles. The van der Waals surface area contributed by atoms with Crippen molar-refractivity contribution < 1.29 is 30.5 Å². The van der Waals surface area contributed by atoms with Gasteiger partial charge in [0.15, 0.2) is 0 Å². The lowest BCUT2D eigenvalue weighted by Crippen LogP contribution is -2.31. The maximum absolute atomic E-state index is 12.7. The number of alkyl halides is 3. The van der Waals surface area contributed by atoms with Crippen LogP contribution in [0.1, 0.15) is 24.5 Å². The summed E-state index contributed by atoms with van der Waals surface area (Å²) in [5, 5.41) is 3.71. The molecule has 0 bridgehead atoms. The lowest BCUT2D eigenvalue weighted by atomic mass is 10.2. The van der Waals surface area contributed by atoms with Crippen LogP contribution in [0.25, 0.3) is 5.69 Å². The molecule has 0 saturated carbocycles. The third kappa shape index (κ3) is 3.61. The molecule has 0 fully saturated rings. The van der Waals surface area contributed by atoms with Crippen molar-refractivity contribution in [2.24, 2.45) is 0 Å². The normalized spacial score (nSPS) is 14.1. The Morgan fingerprint density at radius 1 is 1.22 bits per heavy atom. The van der Waals surface area contributed by atoms with Crippen molar-refractivity contribution in [1.82, 2.24) is 14.8 Å². The molecule has 1 aliphatic rings. The minimum atomic E-state index is -5.91. The van der Waals surface area contributed by atoms with E-state index in [2.05, 4.69) is 14.3 Å². The molecule has 2 aromatic heterocycles. The highest BCUT2D eigenvalue weighted by atomic mass is 32.2. The van der Waals surface area contributed by atoms with Crippen LogP contribution in [0.5, 0.6) is 11.8 Å². The first-order valence-corrected chi connectivity index (χ1v) is 9.30. The van der Waals surface area contributed by atoms with Crippen LogP contribution >= 0.6 is 0 Å². The van der Waals surface area contributed by atoms with Gasteiger partial charge in [-0.1, -0.05) is 0 Å². The standard InChI is InChI=1S/C15H14F3N3O5S/c1-2-25-12-7-6-9(8-19-12)21-14(22)11-5-3-4-10(11)13(20-21)26-27(23,24)15(16,17)18/h6-8H,2-5H2,1H3. The Morgan fingerprint density at radius 2 is 1.93 bits per heavy atom. The molecule has 2 heterocycles. The van der Waals surface area contributed by atoms with Crippen LogP contribution in [0.2, 0.25) is 0 Å². The first-order valence-electron chi connectivity index (χ1n) is 7.89. The lowest BCUT2D eigenvalue weighted by Gasteiger charge is -2.14. The highest BCUT2D eigenvalue weighted by Gasteiger charge is 2.49. The molecule has 1 aliphatic carbocycles. The number of hydrogen-bond donors (Lipinski definition) is 0. The van der Waals surface area contributed by atoms with Gasteiger partial charge < -0.3 is 8.92 Å². The molecule has 0 aromatic carbocycles. The molecule has 8 nitrogen and oxygen atoms in total. The summed E-state index contributed by atoms with van der Waals surface area (Å²) in [5.74, 6) is -0.472. The number of nitrogens with zero attached hydrogens (tertiary/aromatic N) is 3. The van der Waals surface area contributed by atoms with Crippen LogP contribution in [0, 0.1) is 0 Å². The van der Waals surface area contributed by atoms with Crippen molar-refractivity contribution >= 4 is 10.1 Å². The Hall–Kier alpha value is -2.63. The van der Waals surface area contributed by atoms with Gasteiger partial charge in [0.1, 0.15) is 0 Å². The molecule has 0 saturated heterocycles. The molecule has 146 valence electrons. The molecular weight excluding hydrogens is 391 g/mol. The van der Waals surface area contributed by atoms with Gasteiger partial charge in [-0.15, -0.1) is 5.10 Å². The van der Waals surface area contributed by atoms with Gasteiger partial charge >= 0.3 is 15.6 Å². The van der Waals surface area contributed by atoms with Crippen molar-refractivity contribution in [2.75, 3.05) is 6.61 Å². The van der Waals surface area contributed by atoms with E-state index < -0.39 is 27.1 Å². The minimum absolute atomic E-state index is 0.0722. The Kier molecular flexibility index (Phi) is 4.84. The van der Waals surface area contributed by atoms with Crippen LogP contribution < -0.4 is 14.5 Å². The average Bonchev–Trinajstić information content (AvgIpc) is 3.08. The van der Waals surface area contributed by atoms with Crippen molar-refractivity contribution in [3.63, 3.8) is 0 Å². The molecule has 2 aromatic rings. The third-order valence-corrected chi connectivity index (χ3v) is 4.79. The fraction of sp³-hybridized carbons (Fsp3) is 0.400. The lowest BCUT2D eigenvalue weighted by molar-refractivity contribution is -0.0502. The number of ether oxygens (including phenoxy) is 1. The molecule has 0 atom stereocenters. The van der Waals surface area contributed by atoms with E-state index in [0.29, 0.717) is 13.0 Å². The van der Waals surface area contributed by atoms with Crippen molar-refractivity contribution in [2.45, 2.75) is 31.7 Å². The molecule has 0 unspecified atom stereocenters. The van der Waals surface area contributed by atoms with E-state index in [9.17, 15) is 26.4 Å². The Morgan fingerprint density at radius 3 is 2.52 bits per heavy atom. The fourth-order valence-electron chi connectivity index (χ4n) is 2.66. The first-order chi connectivity index (χ1) is 12.6. The molecule has 0 spiro atoms. The second-order valence-electron chi connectivity index (χ2n) is 5.60. The largest absolute Gasteiger partial charge is 0.534 e. The number of rotatable bonds is 5. The number of pyridine rings is 1. The second kappa shape index (κ2) is 6.83. The zero-order valence-corrected chi connectivity index (χ0v) is 14.8. The molecule has 3 rings (SSSR count). The first kappa shape index (κ1) is 19.1. The van der Waals surface area contributed by atoms with E-state index >= 15 is 0 Å². The van der Waals surface area contributed by atoms with E-state index in [-0.39, 0.29) is 35.5 Å². The minimum Gasteiger partial charge on any atom is -0.478 e.